The van der Waals surface area contributed by atoms with Crippen LogP contribution in [0, 0.1) is 11.8 Å². The number of rotatable bonds is 2. The van der Waals surface area contributed by atoms with Crippen molar-refractivity contribution in [2.24, 2.45) is 11.8 Å². The predicted molar refractivity (Wildman–Crippen MR) is 56.5 cm³/mol. The van der Waals surface area contributed by atoms with Crippen LogP contribution >= 0.6 is 0 Å². The summed E-state index contributed by atoms with van der Waals surface area (Å²) < 4.78 is 5.29. The number of Topliss-reactive ketones (excluding diaryl/α,β-unsaturated/α-hetero) is 1. The molecule has 0 amide bonds. The minimum absolute atomic E-state index is 0.0567. The number of benzene rings is 1. The van der Waals surface area contributed by atoms with E-state index in [1.807, 2.05) is 18.2 Å². The first-order valence-corrected chi connectivity index (χ1v) is 5.54. The third-order valence-electron chi connectivity index (χ3n) is 3.51. The van der Waals surface area contributed by atoms with Gasteiger partial charge in [-0.15, -0.1) is 0 Å². The molecule has 0 aromatic heterocycles. The number of ketones is 1. The Morgan fingerprint density at radius 3 is 2.60 bits per heavy atom. The number of carbonyl (C=O) groups excluding carboxylic acids is 1. The maximum Gasteiger partial charge on any atom is 0.165 e. The second kappa shape index (κ2) is 3.46. The number of hydrogen-bond donors (Lipinski definition) is 0. The Labute approximate surface area is 89.2 Å². The molecule has 1 saturated heterocycles. The molecular weight excluding hydrogens is 188 g/mol. The molecule has 0 N–H and O–H groups in total. The van der Waals surface area contributed by atoms with Crippen LogP contribution in [0.3, 0.4) is 0 Å². The number of fused-ring (bicyclic) bond motifs is 1. The van der Waals surface area contributed by atoms with Crippen LogP contribution in [0.4, 0.5) is 0 Å². The zero-order chi connectivity index (χ0) is 10.3. The van der Waals surface area contributed by atoms with E-state index in [2.05, 4.69) is 12.1 Å². The van der Waals surface area contributed by atoms with E-state index in [1.54, 1.807) is 0 Å². The summed E-state index contributed by atoms with van der Waals surface area (Å²) >= 11 is 0. The van der Waals surface area contributed by atoms with Crippen molar-refractivity contribution in [3.8, 4) is 0 Å². The Kier molecular flexibility index (Phi) is 2.10. The van der Waals surface area contributed by atoms with Crippen molar-refractivity contribution < 1.29 is 9.53 Å². The standard InChI is InChI=1S/C13H14O2/c14-12-10(7-11-8-15-13(11)12)6-9-4-2-1-3-5-9/h1-5,10-11,13H,6-8H2/t10-,11?,13-/m1/s1. The molecule has 1 unspecified atom stereocenters. The van der Waals surface area contributed by atoms with E-state index in [0.29, 0.717) is 11.7 Å². The van der Waals surface area contributed by atoms with Gasteiger partial charge < -0.3 is 4.74 Å². The van der Waals surface area contributed by atoms with E-state index >= 15 is 0 Å². The van der Waals surface area contributed by atoms with Crippen molar-refractivity contribution in [2.75, 3.05) is 6.61 Å². The first-order chi connectivity index (χ1) is 7.34. The summed E-state index contributed by atoms with van der Waals surface area (Å²) in [7, 11) is 0. The molecule has 2 aliphatic rings. The van der Waals surface area contributed by atoms with Gasteiger partial charge in [0, 0.05) is 11.8 Å². The topological polar surface area (TPSA) is 26.3 Å². The first kappa shape index (κ1) is 9.10. The second-order valence-electron chi connectivity index (χ2n) is 4.54. The molecule has 1 aliphatic heterocycles. The highest BCUT2D eigenvalue weighted by molar-refractivity contribution is 5.89. The van der Waals surface area contributed by atoms with Gasteiger partial charge in [0.2, 0.25) is 0 Å². The zero-order valence-corrected chi connectivity index (χ0v) is 8.56. The highest BCUT2D eigenvalue weighted by Crippen LogP contribution is 2.38. The number of carbonyl (C=O) groups is 1. The Morgan fingerprint density at radius 2 is 2.07 bits per heavy atom. The minimum atomic E-state index is -0.0567. The van der Waals surface area contributed by atoms with Gasteiger partial charge in [-0.2, -0.15) is 0 Å². The van der Waals surface area contributed by atoms with E-state index in [1.165, 1.54) is 5.56 Å². The maximum atomic E-state index is 11.8. The predicted octanol–water partition coefficient (Wildman–Crippen LogP) is 1.83. The van der Waals surface area contributed by atoms with Crippen LogP contribution < -0.4 is 0 Å². The SMILES string of the molecule is O=C1[C@H](Cc2ccccc2)CC2CO[C@@H]12. The van der Waals surface area contributed by atoms with Crippen LogP contribution in [0.1, 0.15) is 12.0 Å². The Bertz CT molecular complexity index is 371. The summed E-state index contributed by atoms with van der Waals surface area (Å²) in [6, 6.07) is 10.2. The average Bonchev–Trinajstić information content (AvgIpc) is 2.42. The van der Waals surface area contributed by atoms with Crippen LogP contribution in [-0.4, -0.2) is 18.5 Å². The second-order valence-corrected chi connectivity index (χ2v) is 4.54. The Hall–Kier alpha value is -1.15. The Morgan fingerprint density at radius 1 is 1.27 bits per heavy atom. The fourth-order valence-corrected chi connectivity index (χ4v) is 2.63. The molecule has 3 atom stereocenters. The van der Waals surface area contributed by atoms with E-state index in [9.17, 15) is 4.79 Å². The lowest BCUT2D eigenvalue weighted by Crippen LogP contribution is -2.39. The average molecular weight is 202 g/mol. The summed E-state index contributed by atoms with van der Waals surface area (Å²) in [6.07, 6.45) is 1.85. The fraction of sp³-hybridized carbons (Fsp3) is 0.462. The quantitative estimate of drug-likeness (QED) is 0.731. The van der Waals surface area contributed by atoms with Crippen molar-refractivity contribution in [3.05, 3.63) is 35.9 Å². The highest BCUT2D eigenvalue weighted by Gasteiger charge is 2.48. The van der Waals surface area contributed by atoms with Crippen LogP contribution in [0.5, 0.6) is 0 Å². The summed E-state index contributed by atoms with van der Waals surface area (Å²) in [5.41, 5.74) is 1.26. The van der Waals surface area contributed by atoms with Gasteiger partial charge >= 0.3 is 0 Å². The lowest BCUT2D eigenvalue weighted by Gasteiger charge is -2.28. The van der Waals surface area contributed by atoms with E-state index in [0.717, 1.165) is 19.4 Å². The molecule has 15 heavy (non-hydrogen) atoms. The smallest absolute Gasteiger partial charge is 0.165 e. The molecule has 2 heteroatoms. The first-order valence-electron chi connectivity index (χ1n) is 5.54. The van der Waals surface area contributed by atoms with Crippen molar-refractivity contribution in [3.63, 3.8) is 0 Å². The molecule has 2 nitrogen and oxygen atoms in total. The van der Waals surface area contributed by atoms with E-state index < -0.39 is 0 Å². The third kappa shape index (κ3) is 1.49. The van der Waals surface area contributed by atoms with Crippen LogP contribution in [0.15, 0.2) is 30.3 Å². The van der Waals surface area contributed by atoms with Gasteiger partial charge in [-0.3, -0.25) is 4.79 Å². The van der Waals surface area contributed by atoms with Gasteiger partial charge in [-0.1, -0.05) is 30.3 Å². The van der Waals surface area contributed by atoms with Gasteiger partial charge in [-0.05, 0) is 18.4 Å². The lowest BCUT2D eigenvalue weighted by atomic mass is 9.96. The summed E-state index contributed by atoms with van der Waals surface area (Å²) in [6.45, 7) is 0.793. The van der Waals surface area contributed by atoms with Crippen LogP contribution in [-0.2, 0) is 16.0 Å². The van der Waals surface area contributed by atoms with E-state index in [4.69, 9.17) is 4.74 Å². The van der Waals surface area contributed by atoms with Crippen molar-refractivity contribution in [1.29, 1.82) is 0 Å². The molecule has 1 aromatic carbocycles. The number of ether oxygens (including phenoxy) is 1. The maximum absolute atomic E-state index is 11.8. The van der Waals surface area contributed by atoms with Gasteiger partial charge in [0.25, 0.3) is 0 Å². The molecule has 0 spiro atoms. The largest absolute Gasteiger partial charge is 0.370 e. The Balaban J connectivity index is 1.72. The molecule has 3 rings (SSSR count). The van der Waals surface area contributed by atoms with Gasteiger partial charge in [0.1, 0.15) is 6.10 Å². The van der Waals surface area contributed by atoms with Gasteiger partial charge in [0.15, 0.2) is 5.78 Å². The molecule has 0 radical (unpaired) electrons. The highest BCUT2D eigenvalue weighted by atomic mass is 16.5. The van der Waals surface area contributed by atoms with Gasteiger partial charge in [-0.25, -0.2) is 0 Å². The molecular formula is C13H14O2. The minimum Gasteiger partial charge on any atom is -0.370 e. The summed E-state index contributed by atoms with van der Waals surface area (Å²) in [5, 5.41) is 0. The van der Waals surface area contributed by atoms with Crippen LogP contribution in [0.2, 0.25) is 0 Å². The van der Waals surface area contributed by atoms with E-state index in [-0.39, 0.29) is 12.0 Å². The molecule has 1 aromatic rings. The van der Waals surface area contributed by atoms with Gasteiger partial charge in [0.05, 0.1) is 6.61 Å². The molecule has 1 aliphatic carbocycles. The monoisotopic (exact) mass is 202 g/mol. The zero-order valence-electron chi connectivity index (χ0n) is 8.56. The molecule has 0 bridgehead atoms. The van der Waals surface area contributed by atoms with Crippen molar-refractivity contribution >= 4 is 5.78 Å². The molecule has 1 saturated carbocycles. The lowest BCUT2D eigenvalue weighted by molar-refractivity contribution is -0.147. The summed E-state index contributed by atoms with van der Waals surface area (Å²) in [4.78, 5) is 11.8. The molecule has 78 valence electrons. The van der Waals surface area contributed by atoms with Crippen LogP contribution in [0.25, 0.3) is 0 Å². The number of hydrogen-bond acceptors (Lipinski definition) is 2. The third-order valence-corrected chi connectivity index (χ3v) is 3.51. The van der Waals surface area contributed by atoms with Crippen molar-refractivity contribution in [2.45, 2.75) is 18.9 Å². The summed E-state index contributed by atoms with van der Waals surface area (Å²) in [5.74, 6) is 1.05. The molecule has 1 heterocycles. The molecule has 2 fully saturated rings. The fourth-order valence-electron chi connectivity index (χ4n) is 2.63. The normalized spacial score (nSPS) is 33.6. The van der Waals surface area contributed by atoms with Crippen molar-refractivity contribution in [1.82, 2.24) is 0 Å².